The summed E-state index contributed by atoms with van der Waals surface area (Å²) in [6, 6.07) is 8.27. The second-order valence-corrected chi connectivity index (χ2v) is 10.3. The molecule has 0 aromatic heterocycles. The number of nitrogens with one attached hydrogen (secondary N) is 1. The second kappa shape index (κ2) is 9.88. The van der Waals surface area contributed by atoms with E-state index in [0.29, 0.717) is 29.4 Å². The number of hydrogen-bond donors (Lipinski definition) is 2. The average molecular weight is 489 g/mol. The predicted molar refractivity (Wildman–Crippen MR) is 146 cm³/mol. The Morgan fingerprint density at radius 1 is 1.06 bits per heavy atom. The van der Waals surface area contributed by atoms with Crippen LogP contribution in [0.15, 0.2) is 54.1 Å². The van der Waals surface area contributed by atoms with E-state index in [1.807, 2.05) is 6.08 Å². The Labute approximate surface area is 214 Å². The summed E-state index contributed by atoms with van der Waals surface area (Å²) in [5, 5.41) is 11.0. The van der Waals surface area contributed by atoms with Crippen molar-refractivity contribution < 1.29 is 24.3 Å². The van der Waals surface area contributed by atoms with Crippen molar-refractivity contribution in [3.63, 3.8) is 0 Å². The molecule has 1 unspecified atom stereocenters. The smallest absolute Gasteiger partial charge is 0.367 e. The van der Waals surface area contributed by atoms with Gasteiger partial charge in [-0.3, -0.25) is 0 Å². The first-order valence-electron chi connectivity index (χ1n) is 12.5. The van der Waals surface area contributed by atoms with Crippen LogP contribution < -0.4 is 19.2 Å². The standard InChI is InChI=1S/C31H37NO4/c1-9-20-13-24-18(2)17-31(4,5)26(24)16-25(20)19(3)21-10-11-22(12-21)30(33)32-29-27(35-7)14-23(34-6)15-28(29)36-8/h10-11,13-16,19H,2,9,12,17H2,1,3-8H3,(H,32,33)/p+1. The minimum absolute atomic E-state index is 0.0808. The third-order valence-electron chi connectivity index (χ3n) is 7.60. The highest BCUT2D eigenvalue weighted by atomic mass is 16.5. The van der Waals surface area contributed by atoms with Gasteiger partial charge in [-0.15, -0.1) is 0 Å². The number of benzene rings is 2. The number of methoxy groups -OCH3 is 3. The molecular formula is C31H38NO4+. The van der Waals surface area contributed by atoms with E-state index in [2.05, 4.69) is 57.5 Å². The van der Waals surface area contributed by atoms with Gasteiger partial charge in [0.2, 0.25) is 0 Å². The molecule has 0 aliphatic heterocycles. The number of hydrogen-bond acceptors (Lipinski definition) is 3. The zero-order valence-corrected chi connectivity index (χ0v) is 22.5. The molecule has 0 saturated heterocycles. The zero-order chi connectivity index (χ0) is 26.2. The Hall–Kier alpha value is -3.47. The molecule has 0 heterocycles. The van der Waals surface area contributed by atoms with Gasteiger partial charge in [0.25, 0.3) is 5.69 Å². The first-order valence-corrected chi connectivity index (χ1v) is 12.5. The van der Waals surface area contributed by atoms with E-state index >= 15 is 0 Å². The summed E-state index contributed by atoms with van der Waals surface area (Å²) in [5.41, 5.74) is 9.45. The van der Waals surface area contributed by atoms with Crippen LogP contribution in [-0.4, -0.2) is 32.3 Å². The molecule has 2 aliphatic carbocycles. The summed E-state index contributed by atoms with van der Waals surface area (Å²) in [4.78, 5) is 3.10. The van der Waals surface area contributed by atoms with Gasteiger partial charge in [-0.1, -0.05) is 58.1 Å². The van der Waals surface area contributed by atoms with Crippen molar-refractivity contribution in [1.82, 2.24) is 0 Å². The molecule has 190 valence electrons. The highest BCUT2D eigenvalue weighted by Crippen LogP contribution is 2.47. The predicted octanol–water partition coefficient (Wildman–Crippen LogP) is 5.70. The lowest BCUT2D eigenvalue weighted by Crippen LogP contribution is -2.67. The van der Waals surface area contributed by atoms with Crippen LogP contribution in [0.1, 0.15) is 68.7 Å². The van der Waals surface area contributed by atoms with E-state index in [-0.39, 0.29) is 17.2 Å². The van der Waals surface area contributed by atoms with E-state index in [0.717, 1.165) is 18.4 Å². The van der Waals surface area contributed by atoms with Gasteiger partial charge in [0.05, 0.1) is 26.9 Å². The van der Waals surface area contributed by atoms with E-state index in [4.69, 9.17) is 14.2 Å². The summed E-state index contributed by atoms with van der Waals surface area (Å²) < 4.78 is 16.3. The second-order valence-electron chi connectivity index (χ2n) is 10.3. The van der Waals surface area contributed by atoms with Crippen LogP contribution in [0.4, 0.5) is 5.69 Å². The quantitative estimate of drug-likeness (QED) is 0.370. The molecule has 0 amide bonds. The van der Waals surface area contributed by atoms with Crippen LogP contribution in [0.2, 0.25) is 0 Å². The summed E-state index contributed by atoms with van der Waals surface area (Å²) in [5.74, 6) is 1.97. The van der Waals surface area contributed by atoms with Gasteiger partial charge in [0, 0.05) is 24.5 Å². The van der Waals surface area contributed by atoms with Crippen LogP contribution in [0.3, 0.4) is 0 Å². The highest BCUT2D eigenvalue weighted by Gasteiger charge is 2.34. The van der Waals surface area contributed by atoms with Crippen LogP contribution in [0, 0.1) is 0 Å². The first-order chi connectivity index (χ1) is 17.1. The molecule has 0 radical (unpaired) electrons. The maximum Gasteiger partial charge on any atom is 0.367 e. The summed E-state index contributed by atoms with van der Waals surface area (Å²) in [6.45, 7) is 13.4. The van der Waals surface area contributed by atoms with E-state index in [1.165, 1.54) is 33.4 Å². The number of aliphatic hydroxyl groups excluding tert-OH is 1. The lowest BCUT2D eigenvalue weighted by atomic mass is 9.81. The van der Waals surface area contributed by atoms with Crippen LogP contribution in [0.25, 0.3) is 5.57 Å². The number of aryl methyl sites for hydroxylation is 1. The fourth-order valence-corrected chi connectivity index (χ4v) is 5.48. The Bertz CT molecular complexity index is 1270. The van der Waals surface area contributed by atoms with E-state index < -0.39 is 0 Å². The minimum Gasteiger partial charge on any atom is -0.496 e. The van der Waals surface area contributed by atoms with Crippen molar-refractivity contribution in [3.05, 3.63) is 76.4 Å². The third kappa shape index (κ3) is 4.55. The van der Waals surface area contributed by atoms with Crippen molar-refractivity contribution >= 4 is 17.2 Å². The molecule has 2 N–H and O–H groups in total. The average Bonchev–Trinajstić information content (AvgIpc) is 3.45. The molecule has 2 aromatic carbocycles. The molecule has 36 heavy (non-hydrogen) atoms. The minimum atomic E-state index is 0.0808. The number of ether oxygens (including phenoxy) is 3. The molecule has 4 rings (SSSR count). The topological polar surface area (TPSA) is 61.9 Å². The number of aliphatic hydroxyl groups is 1. The zero-order valence-electron chi connectivity index (χ0n) is 22.5. The maximum atomic E-state index is 11.0. The molecule has 0 spiro atoms. The molecule has 5 heteroatoms. The van der Waals surface area contributed by atoms with Crippen LogP contribution in [0.5, 0.6) is 17.2 Å². The SMILES string of the molecule is C=C1CC(C)(C)c2cc(C(C)C3=CC=C(C(O)=[NH+]c4c(OC)cc(OC)cc4OC)C3)c(CC)cc21. The summed E-state index contributed by atoms with van der Waals surface area (Å²) in [7, 11) is 4.74. The van der Waals surface area contributed by atoms with Gasteiger partial charge >= 0.3 is 5.90 Å². The number of allylic oxidation sites excluding steroid dienone is 4. The van der Waals surface area contributed by atoms with Crippen molar-refractivity contribution in [2.75, 3.05) is 21.3 Å². The Balaban J connectivity index is 1.60. The Kier molecular flexibility index (Phi) is 7.03. The monoisotopic (exact) mass is 488 g/mol. The van der Waals surface area contributed by atoms with Crippen molar-refractivity contribution in [3.8, 4) is 17.2 Å². The number of rotatable bonds is 8. The van der Waals surface area contributed by atoms with Gasteiger partial charge in [-0.2, -0.15) is 4.99 Å². The molecule has 2 aliphatic rings. The van der Waals surface area contributed by atoms with Crippen molar-refractivity contribution in [1.29, 1.82) is 0 Å². The Morgan fingerprint density at radius 3 is 2.31 bits per heavy atom. The van der Waals surface area contributed by atoms with E-state index in [1.54, 1.807) is 33.5 Å². The van der Waals surface area contributed by atoms with Crippen molar-refractivity contribution in [2.45, 2.75) is 58.3 Å². The lowest BCUT2D eigenvalue weighted by molar-refractivity contribution is -0.366. The van der Waals surface area contributed by atoms with E-state index in [9.17, 15) is 5.11 Å². The van der Waals surface area contributed by atoms with Gasteiger partial charge in [0.1, 0.15) is 5.75 Å². The van der Waals surface area contributed by atoms with Crippen LogP contribution >= 0.6 is 0 Å². The van der Waals surface area contributed by atoms with Crippen molar-refractivity contribution in [2.24, 2.45) is 0 Å². The lowest BCUT2D eigenvalue weighted by Gasteiger charge is -2.24. The normalized spacial score (nSPS) is 17.4. The first kappa shape index (κ1) is 25.6. The van der Waals surface area contributed by atoms with Gasteiger partial charge in [0.15, 0.2) is 11.5 Å². The van der Waals surface area contributed by atoms with Gasteiger partial charge < -0.3 is 19.3 Å². The summed E-state index contributed by atoms with van der Waals surface area (Å²) in [6.07, 6.45) is 6.77. The molecule has 1 atom stereocenters. The molecule has 5 nitrogen and oxygen atoms in total. The fourth-order valence-electron chi connectivity index (χ4n) is 5.48. The molecule has 0 fully saturated rings. The third-order valence-corrected chi connectivity index (χ3v) is 7.60. The highest BCUT2D eigenvalue weighted by molar-refractivity contribution is 5.90. The largest absolute Gasteiger partial charge is 0.496 e. The maximum absolute atomic E-state index is 11.0. The molecule has 0 bridgehead atoms. The van der Waals surface area contributed by atoms with Gasteiger partial charge in [-0.25, -0.2) is 0 Å². The summed E-state index contributed by atoms with van der Waals surface area (Å²) >= 11 is 0. The molecule has 0 saturated carbocycles. The van der Waals surface area contributed by atoms with Gasteiger partial charge in [-0.05, 0) is 52.2 Å². The fraction of sp³-hybridized carbons (Fsp3) is 0.387. The van der Waals surface area contributed by atoms with Crippen LogP contribution in [-0.2, 0) is 11.8 Å². The number of fused-ring (bicyclic) bond motifs is 1. The Morgan fingerprint density at radius 2 is 1.72 bits per heavy atom. The molecular weight excluding hydrogens is 450 g/mol. The molecule has 2 aromatic rings.